The van der Waals surface area contributed by atoms with Crippen molar-refractivity contribution in [2.45, 2.75) is 5.92 Å². The van der Waals surface area contributed by atoms with E-state index in [1.807, 2.05) is 30.3 Å². The summed E-state index contributed by atoms with van der Waals surface area (Å²) in [5.41, 5.74) is 4.17. The Kier molecular flexibility index (Phi) is 4.27. The number of nitrogens with one attached hydrogen (secondary N) is 2. The summed E-state index contributed by atoms with van der Waals surface area (Å²) >= 11 is 0. The van der Waals surface area contributed by atoms with E-state index < -0.39 is 11.8 Å². The molecule has 132 valence electrons. The lowest BCUT2D eigenvalue weighted by Crippen LogP contribution is -2.34. The molecule has 2 aromatic rings. The lowest BCUT2D eigenvalue weighted by Gasteiger charge is -2.15. The predicted octanol–water partition coefficient (Wildman–Crippen LogP) is 1.40. The Labute approximate surface area is 150 Å². The van der Waals surface area contributed by atoms with Gasteiger partial charge in [-0.3, -0.25) is 9.59 Å². The van der Waals surface area contributed by atoms with Gasteiger partial charge >= 0.3 is 0 Å². The maximum Gasteiger partial charge on any atom is 0.253 e. The number of carbonyl (C=O) groups is 2. The molecule has 0 bridgehead atoms. The first-order valence-electron chi connectivity index (χ1n) is 8.27. The number of hydrogen-bond donors (Lipinski definition) is 2. The van der Waals surface area contributed by atoms with Crippen molar-refractivity contribution in [1.82, 2.24) is 10.7 Å². The molecule has 0 radical (unpaired) electrons. The largest absolute Gasteiger partial charge is 0.454 e. The van der Waals surface area contributed by atoms with Crippen LogP contribution in [0.1, 0.15) is 17.0 Å². The van der Waals surface area contributed by atoms with E-state index >= 15 is 0 Å². The smallest absolute Gasteiger partial charge is 0.253 e. The first-order valence-corrected chi connectivity index (χ1v) is 8.27. The number of fused-ring (bicyclic) bond motifs is 1. The van der Waals surface area contributed by atoms with Crippen molar-refractivity contribution in [1.29, 1.82) is 0 Å². The van der Waals surface area contributed by atoms with E-state index in [2.05, 4.69) is 15.8 Å². The van der Waals surface area contributed by atoms with Crippen molar-refractivity contribution in [3.63, 3.8) is 0 Å². The van der Waals surface area contributed by atoms with Gasteiger partial charge in [0.2, 0.25) is 12.7 Å². The summed E-state index contributed by atoms with van der Waals surface area (Å²) in [5.74, 6) is -0.393. The summed E-state index contributed by atoms with van der Waals surface area (Å²) in [6.07, 6.45) is 1.50. The molecule has 4 rings (SSSR count). The van der Waals surface area contributed by atoms with Gasteiger partial charge < -0.3 is 14.8 Å². The first kappa shape index (κ1) is 16.1. The Morgan fingerprint density at radius 2 is 1.96 bits per heavy atom. The molecule has 2 aliphatic heterocycles. The summed E-state index contributed by atoms with van der Waals surface area (Å²) in [6.45, 7) is 0.636. The van der Waals surface area contributed by atoms with Crippen molar-refractivity contribution in [3.05, 3.63) is 59.7 Å². The van der Waals surface area contributed by atoms with Gasteiger partial charge in [0.1, 0.15) is 5.92 Å². The van der Waals surface area contributed by atoms with Crippen molar-refractivity contribution in [3.8, 4) is 11.5 Å². The van der Waals surface area contributed by atoms with Gasteiger partial charge in [-0.25, -0.2) is 5.43 Å². The number of amides is 2. The molecule has 0 aromatic heterocycles. The highest BCUT2D eigenvalue weighted by Gasteiger charge is 2.40. The molecule has 0 aliphatic carbocycles. The van der Waals surface area contributed by atoms with Gasteiger partial charge in [0, 0.05) is 12.5 Å². The minimum Gasteiger partial charge on any atom is -0.454 e. The van der Waals surface area contributed by atoms with Crippen LogP contribution < -0.4 is 20.2 Å². The standard InChI is InChI=1S/C19H17N3O4/c23-18-17(14(10-20-18)13-4-2-1-3-5-13)19(24)22-21-9-12-6-7-15-16(8-12)26-11-25-15/h1-9,14,17H,10-11H2,(H,20,23)(H,22,24)/b21-9+/t14-,17-/m1/s1. The fourth-order valence-electron chi connectivity index (χ4n) is 3.17. The van der Waals surface area contributed by atoms with Gasteiger partial charge in [-0.15, -0.1) is 0 Å². The first-order chi connectivity index (χ1) is 12.7. The highest BCUT2D eigenvalue weighted by molar-refractivity contribution is 6.03. The fourth-order valence-corrected chi connectivity index (χ4v) is 3.17. The van der Waals surface area contributed by atoms with Gasteiger partial charge in [0.05, 0.1) is 6.21 Å². The van der Waals surface area contributed by atoms with Crippen LogP contribution in [0.2, 0.25) is 0 Å². The third-order valence-corrected chi connectivity index (χ3v) is 4.48. The average molecular weight is 351 g/mol. The van der Waals surface area contributed by atoms with Crippen LogP contribution >= 0.6 is 0 Å². The maximum absolute atomic E-state index is 12.5. The molecule has 2 N–H and O–H groups in total. The van der Waals surface area contributed by atoms with Gasteiger partial charge in [-0.2, -0.15) is 5.10 Å². The average Bonchev–Trinajstić information content (AvgIpc) is 3.28. The van der Waals surface area contributed by atoms with E-state index in [0.717, 1.165) is 11.1 Å². The Bertz CT molecular complexity index is 866. The SMILES string of the molecule is O=C1NC[C@H](c2ccccc2)[C@H]1C(=O)N/N=C/c1ccc2c(c1)OCO2. The molecule has 2 aliphatic rings. The molecule has 1 saturated heterocycles. The van der Waals surface area contributed by atoms with Crippen molar-refractivity contribution < 1.29 is 19.1 Å². The quantitative estimate of drug-likeness (QED) is 0.495. The number of rotatable bonds is 4. The normalized spacial score (nSPS) is 21.0. The summed E-state index contributed by atoms with van der Waals surface area (Å²) in [6, 6.07) is 14.9. The van der Waals surface area contributed by atoms with Crippen LogP contribution in [-0.2, 0) is 9.59 Å². The van der Waals surface area contributed by atoms with Crippen LogP contribution in [0.25, 0.3) is 0 Å². The molecule has 7 nitrogen and oxygen atoms in total. The van der Waals surface area contributed by atoms with Crippen molar-refractivity contribution >= 4 is 18.0 Å². The second-order valence-electron chi connectivity index (χ2n) is 6.09. The number of ether oxygens (including phenoxy) is 2. The third kappa shape index (κ3) is 3.11. The van der Waals surface area contributed by atoms with E-state index in [1.54, 1.807) is 18.2 Å². The van der Waals surface area contributed by atoms with E-state index in [0.29, 0.717) is 18.0 Å². The summed E-state index contributed by atoms with van der Waals surface area (Å²) in [5, 5.41) is 6.73. The van der Waals surface area contributed by atoms with Gasteiger partial charge in [-0.05, 0) is 29.3 Å². The molecule has 26 heavy (non-hydrogen) atoms. The molecule has 2 heterocycles. The molecular formula is C19H17N3O4. The fraction of sp³-hybridized carbons (Fsp3) is 0.211. The Morgan fingerprint density at radius 1 is 1.15 bits per heavy atom. The number of nitrogens with zero attached hydrogens (tertiary/aromatic N) is 1. The Morgan fingerprint density at radius 3 is 2.81 bits per heavy atom. The maximum atomic E-state index is 12.5. The zero-order chi connectivity index (χ0) is 17.9. The summed E-state index contributed by atoms with van der Waals surface area (Å²) in [7, 11) is 0. The molecule has 0 unspecified atom stereocenters. The Balaban J connectivity index is 1.44. The molecule has 2 atom stereocenters. The Hall–Kier alpha value is -3.35. The lowest BCUT2D eigenvalue weighted by atomic mass is 9.88. The summed E-state index contributed by atoms with van der Waals surface area (Å²) < 4.78 is 10.5. The number of hydrazone groups is 1. The van der Waals surface area contributed by atoms with Crippen LogP contribution in [0.3, 0.4) is 0 Å². The van der Waals surface area contributed by atoms with E-state index in [9.17, 15) is 9.59 Å². The second kappa shape index (κ2) is 6.87. The molecule has 0 saturated carbocycles. The van der Waals surface area contributed by atoms with E-state index in [4.69, 9.17) is 9.47 Å². The van der Waals surface area contributed by atoms with Crippen molar-refractivity contribution in [2.24, 2.45) is 11.0 Å². The van der Waals surface area contributed by atoms with Gasteiger partial charge in [0.25, 0.3) is 5.91 Å². The minimum absolute atomic E-state index is 0.199. The van der Waals surface area contributed by atoms with Crippen LogP contribution in [0.4, 0.5) is 0 Å². The van der Waals surface area contributed by atoms with Gasteiger partial charge in [-0.1, -0.05) is 30.3 Å². The predicted molar refractivity (Wildman–Crippen MR) is 94.0 cm³/mol. The number of carbonyl (C=O) groups excluding carboxylic acids is 2. The molecule has 2 amide bonds. The van der Waals surface area contributed by atoms with E-state index in [-0.39, 0.29) is 18.6 Å². The van der Waals surface area contributed by atoms with Gasteiger partial charge in [0.15, 0.2) is 11.5 Å². The zero-order valence-electron chi connectivity index (χ0n) is 13.8. The molecule has 0 spiro atoms. The highest BCUT2D eigenvalue weighted by atomic mass is 16.7. The van der Waals surface area contributed by atoms with Crippen LogP contribution in [0.15, 0.2) is 53.6 Å². The molecule has 2 aromatic carbocycles. The minimum atomic E-state index is -0.800. The van der Waals surface area contributed by atoms with Crippen molar-refractivity contribution in [2.75, 3.05) is 13.3 Å². The monoisotopic (exact) mass is 351 g/mol. The topological polar surface area (TPSA) is 89.0 Å². The molecular weight excluding hydrogens is 334 g/mol. The number of hydrogen-bond acceptors (Lipinski definition) is 5. The lowest BCUT2D eigenvalue weighted by molar-refractivity contribution is -0.133. The summed E-state index contributed by atoms with van der Waals surface area (Å²) in [4.78, 5) is 24.6. The van der Waals surface area contributed by atoms with E-state index in [1.165, 1.54) is 6.21 Å². The third-order valence-electron chi connectivity index (χ3n) is 4.48. The molecule has 1 fully saturated rings. The van der Waals surface area contributed by atoms with Crippen LogP contribution in [-0.4, -0.2) is 31.4 Å². The second-order valence-corrected chi connectivity index (χ2v) is 6.09. The zero-order valence-corrected chi connectivity index (χ0v) is 13.8. The number of benzene rings is 2. The molecule has 7 heteroatoms. The van der Waals surface area contributed by atoms with Crippen LogP contribution in [0, 0.1) is 5.92 Å². The highest BCUT2D eigenvalue weighted by Crippen LogP contribution is 2.32. The van der Waals surface area contributed by atoms with Crippen LogP contribution in [0.5, 0.6) is 11.5 Å².